The van der Waals surface area contributed by atoms with Crippen LogP contribution in [0.15, 0.2) is 0 Å². The molecule has 2 fully saturated rings. The molecule has 4 heteroatoms. The Bertz CT molecular complexity index is 279. The maximum absolute atomic E-state index is 12.3. The van der Waals surface area contributed by atoms with E-state index in [4.69, 9.17) is 9.47 Å². The van der Waals surface area contributed by atoms with Crippen LogP contribution in [0.2, 0.25) is 0 Å². The number of hydrogen-bond acceptors (Lipinski definition) is 4. The van der Waals surface area contributed by atoms with E-state index in [9.17, 15) is 4.79 Å². The van der Waals surface area contributed by atoms with E-state index in [0.717, 1.165) is 39.0 Å². The van der Waals surface area contributed by atoms with Crippen LogP contribution in [0.4, 0.5) is 0 Å². The van der Waals surface area contributed by atoms with Gasteiger partial charge in [0.05, 0.1) is 11.5 Å². The minimum absolute atomic E-state index is 0.0447. The zero-order chi connectivity index (χ0) is 13.0. The third kappa shape index (κ3) is 2.86. The Balaban J connectivity index is 1.85. The molecule has 0 radical (unpaired) electrons. The molecule has 18 heavy (non-hydrogen) atoms. The van der Waals surface area contributed by atoms with Crippen LogP contribution in [-0.4, -0.2) is 38.4 Å². The van der Waals surface area contributed by atoms with E-state index in [-0.39, 0.29) is 17.5 Å². The number of rotatable bonds is 4. The van der Waals surface area contributed by atoms with Crippen molar-refractivity contribution < 1.29 is 14.3 Å². The van der Waals surface area contributed by atoms with Crippen molar-refractivity contribution in [1.29, 1.82) is 0 Å². The number of esters is 1. The molecule has 2 aliphatic heterocycles. The monoisotopic (exact) mass is 255 g/mol. The number of carbonyl (C=O) groups excluding carboxylic acids is 1. The number of carbonyl (C=O) groups is 1. The van der Waals surface area contributed by atoms with Crippen LogP contribution >= 0.6 is 0 Å². The van der Waals surface area contributed by atoms with E-state index < -0.39 is 0 Å². The molecule has 1 N–H and O–H groups in total. The molecular formula is C14H25NO3. The minimum atomic E-state index is -0.325. The summed E-state index contributed by atoms with van der Waals surface area (Å²) in [5.74, 6) is 0.268. The van der Waals surface area contributed by atoms with Gasteiger partial charge in [-0.1, -0.05) is 13.8 Å². The first-order chi connectivity index (χ1) is 8.65. The van der Waals surface area contributed by atoms with Crippen LogP contribution < -0.4 is 5.32 Å². The van der Waals surface area contributed by atoms with Gasteiger partial charge in [0.1, 0.15) is 6.61 Å². The van der Waals surface area contributed by atoms with Crippen molar-refractivity contribution in [3.8, 4) is 0 Å². The quantitative estimate of drug-likeness (QED) is 0.777. The molecule has 2 saturated heterocycles. The average Bonchev–Trinajstić information content (AvgIpc) is 2.88. The third-order valence-corrected chi connectivity index (χ3v) is 4.37. The van der Waals surface area contributed by atoms with Crippen LogP contribution in [0.3, 0.4) is 0 Å². The van der Waals surface area contributed by atoms with Gasteiger partial charge in [0, 0.05) is 13.2 Å². The van der Waals surface area contributed by atoms with Crippen molar-refractivity contribution in [2.45, 2.75) is 45.6 Å². The van der Waals surface area contributed by atoms with E-state index >= 15 is 0 Å². The lowest BCUT2D eigenvalue weighted by molar-refractivity contribution is -0.162. The van der Waals surface area contributed by atoms with Gasteiger partial charge in [0.2, 0.25) is 0 Å². The van der Waals surface area contributed by atoms with Gasteiger partial charge in [0.15, 0.2) is 0 Å². The van der Waals surface area contributed by atoms with Crippen LogP contribution in [0, 0.1) is 11.3 Å². The van der Waals surface area contributed by atoms with Gasteiger partial charge in [-0.25, -0.2) is 0 Å². The van der Waals surface area contributed by atoms with Crippen LogP contribution in [0.25, 0.3) is 0 Å². The number of ether oxygens (including phenoxy) is 2. The van der Waals surface area contributed by atoms with Crippen molar-refractivity contribution >= 4 is 5.97 Å². The fourth-order valence-corrected chi connectivity index (χ4v) is 2.87. The second-order valence-corrected chi connectivity index (χ2v) is 5.82. The first-order valence-corrected chi connectivity index (χ1v) is 7.15. The van der Waals surface area contributed by atoms with Crippen molar-refractivity contribution in [2.24, 2.45) is 11.3 Å². The highest BCUT2D eigenvalue weighted by molar-refractivity contribution is 5.78. The molecule has 0 aromatic carbocycles. The molecule has 2 aliphatic rings. The first-order valence-electron chi connectivity index (χ1n) is 7.15. The van der Waals surface area contributed by atoms with E-state index in [1.165, 1.54) is 6.42 Å². The summed E-state index contributed by atoms with van der Waals surface area (Å²) in [7, 11) is 0. The molecule has 2 rings (SSSR count). The molecule has 0 spiro atoms. The van der Waals surface area contributed by atoms with Gasteiger partial charge < -0.3 is 14.8 Å². The summed E-state index contributed by atoms with van der Waals surface area (Å²) in [5.41, 5.74) is -0.325. The van der Waals surface area contributed by atoms with E-state index in [1.54, 1.807) is 0 Å². The van der Waals surface area contributed by atoms with Crippen LogP contribution in [-0.2, 0) is 14.3 Å². The fourth-order valence-electron chi connectivity index (χ4n) is 2.87. The summed E-state index contributed by atoms with van der Waals surface area (Å²) in [5, 5.41) is 3.28. The summed E-state index contributed by atoms with van der Waals surface area (Å²) >= 11 is 0. The summed E-state index contributed by atoms with van der Waals surface area (Å²) in [6, 6.07) is 0. The van der Waals surface area contributed by atoms with Crippen molar-refractivity contribution in [3.05, 3.63) is 0 Å². The summed E-state index contributed by atoms with van der Waals surface area (Å²) in [4.78, 5) is 12.3. The first kappa shape index (κ1) is 13.8. The minimum Gasteiger partial charge on any atom is -0.462 e. The smallest absolute Gasteiger partial charge is 0.313 e. The van der Waals surface area contributed by atoms with Crippen LogP contribution in [0.1, 0.15) is 39.5 Å². The molecule has 2 heterocycles. The predicted octanol–water partition coefficient (Wildman–Crippen LogP) is 1.73. The lowest BCUT2D eigenvalue weighted by Crippen LogP contribution is -2.41. The van der Waals surface area contributed by atoms with Crippen molar-refractivity contribution in [1.82, 2.24) is 5.32 Å². The van der Waals surface area contributed by atoms with Gasteiger partial charge in [-0.2, -0.15) is 0 Å². The molecule has 2 atom stereocenters. The third-order valence-electron chi connectivity index (χ3n) is 4.37. The lowest BCUT2D eigenvalue weighted by atomic mass is 9.76. The average molecular weight is 255 g/mol. The van der Waals surface area contributed by atoms with E-state index in [0.29, 0.717) is 12.5 Å². The second kappa shape index (κ2) is 6.02. The molecule has 2 unspecified atom stereocenters. The van der Waals surface area contributed by atoms with Gasteiger partial charge >= 0.3 is 5.97 Å². The topological polar surface area (TPSA) is 47.6 Å². The molecule has 0 aromatic rings. The summed E-state index contributed by atoms with van der Waals surface area (Å²) in [6.45, 7) is 7.09. The Morgan fingerprint density at radius 2 is 2.33 bits per heavy atom. The van der Waals surface area contributed by atoms with Gasteiger partial charge in [-0.3, -0.25) is 4.79 Å². The van der Waals surface area contributed by atoms with E-state index in [2.05, 4.69) is 19.2 Å². The van der Waals surface area contributed by atoms with Crippen molar-refractivity contribution in [2.75, 3.05) is 26.3 Å². The standard InChI is InChI=1S/C14H25NO3/c1-11(2)14(6-7-15-10-14)13(16)18-9-12-5-3-4-8-17-12/h11-12,15H,3-10H2,1-2H3. The van der Waals surface area contributed by atoms with Gasteiger partial charge in [0.25, 0.3) is 0 Å². The molecule has 4 nitrogen and oxygen atoms in total. The van der Waals surface area contributed by atoms with Gasteiger partial charge in [-0.05, 0) is 38.1 Å². The zero-order valence-corrected chi connectivity index (χ0v) is 11.5. The zero-order valence-electron chi connectivity index (χ0n) is 11.5. The molecule has 104 valence electrons. The Labute approximate surface area is 109 Å². The molecule has 0 aliphatic carbocycles. The Morgan fingerprint density at radius 3 is 2.89 bits per heavy atom. The Morgan fingerprint density at radius 1 is 1.50 bits per heavy atom. The summed E-state index contributed by atoms with van der Waals surface area (Å²) < 4.78 is 11.1. The van der Waals surface area contributed by atoms with Crippen LogP contribution in [0.5, 0.6) is 0 Å². The van der Waals surface area contributed by atoms with Gasteiger partial charge in [-0.15, -0.1) is 0 Å². The molecular weight excluding hydrogens is 230 g/mol. The normalized spacial score (nSPS) is 32.7. The molecule has 0 bridgehead atoms. The van der Waals surface area contributed by atoms with Crippen molar-refractivity contribution in [3.63, 3.8) is 0 Å². The summed E-state index contributed by atoms with van der Waals surface area (Å²) in [6.07, 6.45) is 4.32. The maximum atomic E-state index is 12.3. The SMILES string of the molecule is CC(C)C1(C(=O)OCC2CCCCO2)CCNC1. The highest BCUT2D eigenvalue weighted by Gasteiger charge is 2.45. The maximum Gasteiger partial charge on any atom is 0.313 e. The second-order valence-electron chi connectivity index (χ2n) is 5.82. The number of hydrogen-bond donors (Lipinski definition) is 1. The Hall–Kier alpha value is -0.610. The molecule has 0 aromatic heterocycles. The highest BCUT2D eigenvalue weighted by Crippen LogP contribution is 2.35. The number of nitrogens with one attached hydrogen (secondary N) is 1. The predicted molar refractivity (Wildman–Crippen MR) is 69.3 cm³/mol. The van der Waals surface area contributed by atoms with E-state index in [1.807, 2.05) is 0 Å². The highest BCUT2D eigenvalue weighted by atomic mass is 16.6. The fraction of sp³-hybridized carbons (Fsp3) is 0.929. The molecule has 0 saturated carbocycles. The Kier molecular flexibility index (Phi) is 4.62. The molecule has 0 amide bonds. The largest absolute Gasteiger partial charge is 0.462 e. The lowest BCUT2D eigenvalue weighted by Gasteiger charge is -2.31.